The van der Waals surface area contributed by atoms with Gasteiger partial charge >= 0.3 is 0 Å². The second kappa shape index (κ2) is 12.8. The molecule has 50 heavy (non-hydrogen) atoms. The van der Waals surface area contributed by atoms with Crippen molar-refractivity contribution in [2.45, 2.75) is 0 Å². The summed E-state index contributed by atoms with van der Waals surface area (Å²) in [7, 11) is 0. The number of fused-ring (bicyclic) bond motifs is 3. The molecular weight excluding hydrogens is 607 g/mol. The molecule has 8 aromatic carbocycles. The molecule has 0 saturated heterocycles. The molecule has 0 N–H and O–H groups in total. The molecule has 236 valence electrons. The summed E-state index contributed by atoms with van der Waals surface area (Å²) in [4.78, 5) is 2.32. The van der Waals surface area contributed by atoms with Gasteiger partial charge in [0.15, 0.2) is 5.58 Å². The van der Waals surface area contributed by atoms with Crippen molar-refractivity contribution in [2.24, 2.45) is 0 Å². The van der Waals surface area contributed by atoms with Crippen LogP contribution in [0.3, 0.4) is 0 Å². The molecule has 0 radical (unpaired) electrons. The highest BCUT2D eigenvalue weighted by molar-refractivity contribution is 6.19. The molecule has 0 amide bonds. The number of furan rings is 1. The summed E-state index contributed by atoms with van der Waals surface area (Å²) in [6, 6.07) is 70.8. The Labute approximate surface area is 292 Å². The SMILES string of the molecule is c1ccc(-c2ccc(N(c3ccc(-c4ccccc4)cc3)c3ccc(-c4ccccc4)c4c3oc3c(-c5ccccc5)cccc34)cc2)cc1. The number of para-hydroxylation sites is 1. The molecule has 0 unspecified atom stereocenters. The van der Waals surface area contributed by atoms with Crippen LogP contribution in [0.1, 0.15) is 0 Å². The molecule has 9 rings (SSSR count). The van der Waals surface area contributed by atoms with Gasteiger partial charge in [0.05, 0.1) is 5.69 Å². The Hall–Kier alpha value is -6.64. The first-order chi connectivity index (χ1) is 24.8. The number of nitrogens with zero attached hydrogens (tertiary/aromatic N) is 1. The highest BCUT2D eigenvalue weighted by Crippen LogP contribution is 2.47. The first-order valence-corrected chi connectivity index (χ1v) is 17.0. The Morgan fingerprint density at radius 2 is 0.740 bits per heavy atom. The fraction of sp³-hybridized carbons (Fsp3) is 0. The Kier molecular flexibility index (Phi) is 7.53. The maximum atomic E-state index is 7.10. The molecule has 1 heterocycles. The van der Waals surface area contributed by atoms with E-state index in [1.165, 1.54) is 22.3 Å². The third kappa shape index (κ3) is 5.34. The molecule has 0 aliphatic carbocycles. The zero-order chi connectivity index (χ0) is 33.3. The Morgan fingerprint density at radius 3 is 1.24 bits per heavy atom. The maximum Gasteiger partial charge on any atom is 0.160 e. The summed E-state index contributed by atoms with van der Waals surface area (Å²) in [5, 5.41) is 2.20. The van der Waals surface area contributed by atoms with Gasteiger partial charge in [-0.25, -0.2) is 0 Å². The van der Waals surface area contributed by atoms with Crippen LogP contribution in [-0.2, 0) is 0 Å². The molecule has 0 atom stereocenters. The summed E-state index contributed by atoms with van der Waals surface area (Å²) in [5.74, 6) is 0. The quantitative estimate of drug-likeness (QED) is 0.173. The second-order valence-electron chi connectivity index (χ2n) is 12.5. The fourth-order valence-electron chi connectivity index (χ4n) is 7.06. The number of hydrogen-bond donors (Lipinski definition) is 0. The van der Waals surface area contributed by atoms with E-state index in [0.717, 1.165) is 61.3 Å². The third-order valence-electron chi connectivity index (χ3n) is 9.50. The molecule has 2 heteroatoms. The molecule has 0 aliphatic heterocycles. The second-order valence-corrected chi connectivity index (χ2v) is 12.5. The largest absolute Gasteiger partial charge is 0.453 e. The topological polar surface area (TPSA) is 16.4 Å². The predicted molar refractivity (Wildman–Crippen MR) is 210 cm³/mol. The lowest BCUT2D eigenvalue weighted by Gasteiger charge is -2.26. The highest BCUT2D eigenvalue weighted by Gasteiger charge is 2.23. The van der Waals surface area contributed by atoms with Crippen molar-refractivity contribution in [2.75, 3.05) is 4.90 Å². The number of hydrogen-bond acceptors (Lipinski definition) is 2. The molecule has 1 aromatic heterocycles. The van der Waals surface area contributed by atoms with Crippen molar-refractivity contribution in [3.8, 4) is 44.5 Å². The van der Waals surface area contributed by atoms with Gasteiger partial charge in [0, 0.05) is 27.7 Å². The summed E-state index contributed by atoms with van der Waals surface area (Å²) < 4.78 is 7.10. The van der Waals surface area contributed by atoms with E-state index in [1.54, 1.807) is 0 Å². The van der Waals surface area contributed by atoms with Crippen LogP contribution < -0.4 is 4.90 Å². The van der Waals surface area contributed by atoms with Gasteiger partial charge in [0.2, 0.25) is 0 Å². The molecule has 0 spiro atoms. The zero-order valence-corrected chi connectivity index (χ0v) is 27.4. The van der Waals surface area contributed by atoms with Crippen LogP contribution in [-0.4, -0.2) is 0 Å². The smallest absolute Gasteiger partial charge is 0.160 e. The molecule has 9 aromatic rings. The minimum atomic E-state index is 0.851. The predicted octanol–water partition coefficient (Wildman–Crippen LogP) is 13.7. The Bertz CT molecular complexity index is 2450. The minimum Gasteiger partial charge on any atom is -0.453 e. The first-order valence-electron chi connectivity index (χ1n) is 17.0. The normalized spacial score (nSPS) is 11.2. The van der Waals surface area contributed by atoms with E-state index in [4.69, 9.17) is 4.42 Å². The van der Waals surface area contributed by atoms with Crippen LogP contribution in [0, 0.1) is 0 Å². The van der Waals surface area contributed by atoms with E-state index in [0.29, 0.717) is 0 Å². The van der Waals surface area contributed by atoms with E-state index >= 15 is 0 Å². The molecule has 2 nitrogen and oxygen atoms in total. The molecule has 0 saturated carbocycles. The van der Waals surface area contributed by atoms with Crippen LogP contribution in [0.15, 0.2) is 205 Å². The van der Waals surface area contributed by atoms with Gasteiger partial charge in [0.1, 0.15) is 5.58 Å². The van der Waals surface area contributed by atoms with Crippen molar-refractivity contribution in [3.05, 3.63) is 200 Å². The van der Waals surface area contributed by atoms with Crippen molar-refractivity contribution >= 4 is 39.0 Å². The van der Waals surface area contributed by atoms with Gasteiger partial charge in [-0.2, -0.15) is 0 Å². The summed E-state index contributed by atoms with van der Waals surface area (Å²) in [5.41, 5.74) is 14.1. The first kappa shape index (κ1) is 29.5. The van der Waals surface area contributed by atoms with Gasteiger partial charge in [0.25, 0.3) is 0 Å². The highest BCUT2D eigenvalue weighted by atomic mass is 16.3. The monoisotopic (exact) mass is 639 g/mol. The van der Waals surface area contributed by atoms with Gasteiger partial charge in [-0.3, -0.25) is 0 Å². The van der Waals surface area contributed by atoms with E-state index in [2.05, 4.69) is 205 Å². The lowest BCUT2D eigenvalue weighted by molar-refractivity contribution is 0.670. The Morgan fingerprint density at radius 1 is 0.300 bits per heavy atom. The fourth-order valence-corrected chi connectivity index (χ4v) is 7.06. The molecule has 0 fully saturated rings. The van der Waals surface area contributed by atoms with E-state index < -0.39 is 0 Å². The zero-order valence-electron chi connectivity index (χ0n) is 27.4. The lowest BCUT2D eigenvalue weighted by atomic mass is 9.96. The number of anilines is 3. The average molecular weight is 640 g/mol. The van der Waals surface area contributed by atoms with E-state index in [-0.39, 0.29) is 0 Å². The van der Waals surface area contributed by atoms with Crippen LogP contribution in [0.25, 0.3) is 66.4 Å². The van der Waals surface area contributed by atoms with Crippen LogP contribution >= 0.6 is 0 Å². The standard InChI is InChI=1S/C48H33NO/c1-5-14-34(15-6-1)36-24-28-40(29-25-36)49(41-30-26-37(27-31-41)35-16-7-2-8-17-35)45-33-32-42(38-18-9-3-10-19-38)46-44-23-13-22-43(47(44)50-48(45)46)39-20-11-4-12-21-39/h1-33H. The maximum absolute atomic E-state index is 7.10. The summed E-state index contributed by atoms with van der Waals surface area (Å²) in [6.45, 7) is 0. The third-order valence-corrected chi connectivity index (χ3v) is 9.50. The Balaban J connectivity index is 1.29. The van der Waals surface area contributed by atoms with Crippen molar-refractivity contribution in [1.29, 1.82) is 0 Å². The average Bonchev–Trinajstić information content (AvgIpc) is 3.60. The van der Waals surface area contributed by atoms with Crippen LogP contribution in [0.2, 0.25) is 0 Å². The van der Waals surface area contributed by atoms with Gasteiger partial charge < -0.3 is 9.32 Å². The lowest BCUT2D eigenvalue weighted by Crippen LogP contribution is -2.10. The summed E-state index contributed by atoms with van der Waals surface area (Å²) >= 11 is 0. The van der Waals surface area contributed by atoms with E-state index in [9.17, 15) is 0 Å². The van der Waals surface area contributed by atoms with Gasteiger partial charge in [-0.05, 0) is 69.3 Å². The van der Waals surface area contributed by atoms with Crippen molar-refractivity contribution < 1.29 is 4.42 Å². The van der Waals surface area contributed by atoms with Gasteiger partial charge in [-0.15, -0.1) is 0 Å². The van der Waals surface area contributed by atoms with Gasteiger partial charge in [-0.1, -0.05) is 170 Å². The minimum absolute atomic E-state index is 0.851. The number of rotatable bonds is 7. The summed E-state index contributed by atoms with van der Waals surface area (Å²) in [6.07, 6.45) is 0. The molecule has 0 aliphatic rings. The molecule has 0 bridgehead atoms. The van der Waals surface area contributed by atoms with Crippen LogP contribution in [0.5, 0.6) is 0 Å². The number of benzene rings is 8. The van der Waals surface area contributed by atoms with Crippen molar-refractivity contribution in [1.82, 2.24) is 0 Å². The van der Waals surface area contributed by atoms with Crippen LogP contribution in [0.4, 0.5) is 17.1 Å². The molecular formula is C48H33NO. The van der Waals surface area contributed by atoms with Crippen molar-refractivity contribution in [3.63, 3.8) is 0 Å². The van der Waals surface area contributed by atoms with E-state index in [1.807, 2.05) is 0 Å².